The summed E-state index contributed by atoms with van der Waals surface area (Å²) in [5, 5.41) is 3.55. The van der Waals surface area contributed by atoms with Crippen LogP contribution in [-0.2, 0) is 13.0 Å². The second kappa shape index (κ2) is 7.94. The van der Waals surface area contributed by atoms with E-state index in [0.29, 0.717) is 6.04 Å². The molecule has 3 aromatic rings. The van der Waals surface area contributed by atoms with Gasteiger partial charge in [0.1, 0.15) is 17.4 Å². The lowest BCUT2D eigenvalue weighted by Crippen LogP contribution is -2.27. The Hall–Kier alpha value is -2.66. The first-order valence-corrected chi connectivity index (χ1v) is 8.48. The predicted molar refractivity (Wildman–Crippen MR) is 99.1 cm³/mol. The molecule has 0 aliphatic rings. The van der Waals surface area contributed by atoms with Crippen molar-refractivity contribution in [2.75, 3.05) is 7.11 Å². The second-order valence-electron chi connectivity index (χ2n) is 6.17. The van der Waals surface area contributed by atoms with Crippen molar-refractivity contribution in [3.05, 3.63) is 71.9 Å². The lowest BCUT2D eigenvalue weighted by molar-refractivity contribution is 0.406. The molecule has 0 aliphatic heterocycles. The Kier molecular flexibility index (Phi) is 5.46. The molecule has 5 nitrogen and oxygen atoms in total. The number of rotatable bonds is 7. The van der Waals surface area contributed by atoms with E-state index in [1.807, 2.05) is 48.1 Å². The molecule has 1 aromatic carbocycles. The number of para-hydroxylation sites is 1. The number of nitrogens with zero attached hydrogens (tertiary/aromatic N) is 3. The first-order chi connectivity index (χ1) is 12.2. The molecule has 2 heterocycles. The molecular weight excluding hydrogens is 312 g/mol. The summed E-state index contributed by atoms with van der Waals surface area (Å²) in [6.07, 6.45) is 6.54. The van der Waals surface area contributed by atoms with Crippen LogP contribution in [-0.4, -0.2) is 27.7 Å². The number of benzene rings is 1. The summed E-state index contributed by atoms with van der Waals surface area (Å²) in [5.74, 6) is 2.77. The molecule has 0 radical (unpaired) electrons. The molecule has 0 bridgehead atoms. The van der Waals surface area contributed by atoms with Crippen molar-refractivity contribution >= 4 is 0 Å². The number of imidazole rings is 1. The first kappa shape index (κ1) is 17.2. The lowest BCUT2D eigenvalue weighted by Gasteiger charge is -2.16. The van der Waals surface area contributed by atoms with Crippen molar-refractivity contribution in [3.8, 4) is 11.6 Å². The van der Waals surface area contributed by atoms with Crippen LogP contribution in [0.25, 0.3) is 5.82 Å². The number of pyridine rings is 1. The number of aryl methyl sites for hydroxylation is 1. The third kappa shape index (κ3) is 4.25. The molecular formula is C20H24N4O. The molecule has 3 rings (SSSR count). The number of nitrogens with one attached hydrogen (secondary N) is 1. The lowest BCUT2D eigenvalue weighted by atomic mass is 10.1. The van der Waals surface area contributed by atoms with Gasteiger partial charge in [-0.15, -0.1) is 0 Å². The summed E-state index contributed by atoms with van der Waals surface area (Å²) in [4.78, 5) is 8.76. The predicted octanol–water partition coefficient (Wildman–Crippen LogP) is 3.31. The van der Waals surface area contributed by atoms with Gasteiger partial charge in [0.15, 0.2) is 0 Å². The smallest absolute Gasteiger partial charge is 0.137 e. The van der Waals surface area contributed by atoms with Crippen molar-refractivity contribution in [2.45, 2.75) is 32.9 Å². The van der Waals surface area contributed by atoms with Crippen molar-refractivity contribution in [1.82, 2.24) is 19.9 Å². The van der Waals surface area contributed by atoms with Crippen LogP contribution < -0.4 is 10.1 Å². The monoisotopic (exact) mass is 336 g/mol. The van der Waals surface area contributed by atoms with Crippen LogP contribution in [0.3, 0.4) is 0 Å². The van der Waals surface area contributed by atoms with Crippen molar-refractivity contribution in [1.29, 1.82) is 0 Å². The van der Waals surface area contributed by atoms with Crippen molar-refractivity contribution < 1.29 is 4.74 Å². The van der Waals surface area contributed by atoms with E-state index >= 15 is 0 Å². The fourth-order valence-corrected chi connectivity index (χ4v) is 2.85. The number of ether oxygens (including phenoxy) is 1. The average molecular weight is 336 g/mol. The Balaban J connectivity index is 1.57. The maximum Gasteiger partial charge on any atom is 0.137 e. The van der Waals surface area contributed by atoms with E-state index < -0.39 is 0 Å². The molecule has 25 heavy (non-hydrogen) atoms. The highest BCUT2D eigenvalue weighted by Crippen LogP contribution is 2.19. The summed E-state index contributed by atoms with van der Waals surface area (Å²) >= 11 is 0. The van der Waals surface area contributed by atoms with Gasteiger partial charge in [-0.2, -0.15) is 0 Å². The van der Waals surface area contributed by atoms with E-state index in [1.165, 1.54) is 5.56 Å². The van der Waals surface area contributed by atoms with Crippen LogP contribution in [0.4, 0.5) is 0 Å². The quantitative estimate of drug-likeness (QED) is 0.719. The van der Waals surface area contributed by atoms with Gasteiger partial charge in [-0.1, -0.05) is 24.3 Å². The first-order valence-electron chi connectivity index (χ1n) is 8.48. The number of aromatic nitrogens is 3. The van der Waals surface area contributed by atoms with Gasteiger partial charge in [0.05, 0.1) is 7.11 Å². The van der Waals surface area contributed by atoms with Gasteiger partial charge < -0.3 is 10.1 Å². The molecule has 0 saturated heterocycles. The molecule has 0 aliphatic carbocycles. The summed E-state index contributed by atoms with van der Waals surface area (Å²) in [6, 6.07) is 12.6. The highest BCUT2D eigenvalue weighted by atomic mass is 16.5. The van der Waals surface area contributed by atoms with Crippen molar-refractivity contribution in [2.24, 2.45) is 0 Å². The molecule has 130 valence electrons. The molecule has 5 heteroatoms. The van der Waals surface area contributed by atoms with E-state index in [-0.39, 0.29) is 0 Å². The van der Waals surface area contributed by atoms with Gasteiger partial charge in [-0.05, 0) is 43.5 Å². The van der Waals surface area contributed by atoms with Crippen LogP contribution >= 0.6 is 0 Å². The van der Waals surface area contributed by atoms with Gasteiger partial charge in [-0.25, -0.2) is 9.97 Å². The van der Waals surface area contributed by atoms with Crippen LogP contribution in [0.15, 0.2) is 55.0 Å². The van der Waals surface area contributed by atoms with Crippen LogP contribution in [0, 0.1) is 6.92 Å². The molecule has 2 aromatic heterocycles. The zero-order chi connectivity index (χ0) is 17.6. The Bertz CT molecular complexity index is 811. The van der Waals surface area contributed by atoms with Crippen molar-refractivity contribution in [3.63, 3.8) is 0 Å². The van der Waals surface area contributed by atoms with E-state index in [2.05, 4.69) is 34.3 Å². The van der Waals surface area contributed by atoms with E-state index in [1.54, 1.807) is 13.3 Å². The minimum absolute atomic E-state index is 0.340. The van der Waals surface area contributed by atoms with Gasteiger partial charge in [0, 0.05) is 31.2 Å². The maximum absolute atomic E-state index is 5.42. The SMILES string of the molecule is COc1ccccc1C[C@H](C)NCc1ccc(-n2ccnc2C)nc1. The minimum atomic E-state index is 0.340. The zero-order valence-corrected chi connectivity index (χ0v) is 14.9. The minimum Gasteiger partial charge on any atom is -0.496 e. The largest absolute Gasteiger partial charge is 0.496 e. The standard InChI is InChI=1S/C20H24N4O/c1-15(12-18-6-4-5-7-19(18)25-3)22-13-17-8-9-20(23-14-17)24-11-10-21-16(24)2/h4-11,14-15,22H,12-13H2,1-3H3/t15-/m0/s1. The van der Waals surface area contributed by atoms with Gasteiger partial charge in [-0.3, -0.25) is 4.57 Å². The molecule has 0 fully saturated rings. The molecule has 1 atom stereocenters. The highest BCUT2D eigenvalue weighted by Gasteiger charge is 2.08. The van der Waals surface area contributed by atoms with Gasteiger partial charge in [0.2, 0.25) is 0 Å². The second-order valence-corrected chi connectivity index (χ2v) is 6.17. The normalized spacial score (nSPS) is 12.1. The fourth-order valence-electron chi connectivity index (χ4n) is 2.85. The molecule has 0 amide bonds. The van der Waals surface area contributed by atoms with Crippen LogP contribution in [0.2, 0.25) is 0 Å². The zero-order valence-electron chi connectivity index (χ0n) is 14.9. The molecule has 0 unspecified atom stereocenters. The maximum atomic E-state index is 5.42. The third-order valence-electron chi connectivity index (χ3n) is 4.25. The van der Waals surface area contributed by atoms with Gasteiger partial charge >= 0.3 is 0 Å². The fraction of sp³-hybridized carbons (Fsp3) is 0.300. The number of hydrogen-bond acceptors (Lipinski definition) is 4. The van der Waals surface area contributed by atoms with Crippen LogP contribution in [0.1, 0.15) is 23.9 Å². The van der Waals surface area contributed by atoms with Crippen LogP contribution in [0.5, 0.6) is 5.75 Å². The number of hydrogen-bond donors (Lipinski definition) is 1. The molecule has 0 spiro atoms. The third-order valence-corrected chi connectivity index (χ3v) is 4.25. The summed E-state index contributed by atoms with van der Waals surface area (Å²) < 4.78 is 7.40. The van der Waals surface area contributed by atoms with E-state index in [9.17, 15) is 0 Å². The van der Waals surface area contributed by atoms with E-state index in [0.717, 1.165) is 35.9 Å². The summed E-state index contributed by atoms with van der Waals surface area (Å²) in [6.45, 7) is 4.94. The Morgan fingerprint density at radius 3 is 2.68 bits per heavy atom. The summed E-state index contributed by atoms with van der Waals surface area (Å²) in [5.41, 5.74) is 2.38. The Morgan fingerprint density at radius 1 is 1.16 bits per heavy atom. The highest BCUT2D eigenvalue weighted by molar-refractivity contribution is 5.34. The number of methoxy groups -OCH3 is 1. The van der Waals surface area contributed by atoms with E-state index in [4.69, 9.17) is 4.74 Å². The molecule has 0 saturated carbocycles. The van der Waals surface area contributed by atoms with Gasteiger partial charge in [0.25, 0.3) is 0 Å². The Morgan fingerprint density at radius 2 is 2.00 bits per heavy atom. The average Bonchev–Trinajstić information content (AvgIpc) is 3.07. The summed E-state index contributed by atoms with van der Waals surface area (Å²) in [7, 11) is 1.71. The topological polar surface area (TPSA) is 52.0 Å². The molecule has 1 N–H and O–H groups in total. The Labute approximate surface area is 148 Å².